The molecular weight excluding hydrogens is 437 g/mol. The first kappa shape index (κ1) is 20.9. The molecule has 0 spiro atoms. The highest BCUT2D eigenvalue weighted by molar-refractivity contribution is 9.10. The van der Waals surface area contributed by atoms with Crippen molar-refractivity contribution in [3.05, 3.63) is 82.9 Å². The van der Waals surface area contributed by atoms with Gasteiger partial charge in [0, 0.05) is 41.5 Å². The SMILES string of the molecule is C=CCN(Cc1cc(Br)ccc1F)C(=O)CCCc1nnc(-c2ccccc2)o1. The van der Waals surface area contributed by atoms with Crippen LogP contribution in [0.5, 0.6) is 0 Å². The third kappa shape index (κ3) is 5.84. The Morgan fingerprint density at radius 2 is 2.00 bits per heavy atom. The Kier molecular flexibility index (Phi) is 7.30. The van der Waals surface area contributed by atoms with Gasteiger partial charge in [0.2, 0.25) is 17.7 Å². The number of carbonyl (C=O) groups is 1. The van der Waals surface area contributed by atoms with Crippen molar-refractivity contribution in [2.45, 2.75) is 25.8 Å². The molecule has 29 heavy (non-hydrogen) atoms. The first-order chi connectivity index (χ1) is 14.1. The summed E-state index contributed by atoms with van der Waals surface area (Å²) in [5, 5.41) is 8.10. The Bertz CT molecular complexity index is 975. The Morgan fingerprint density at radius 1 is 1.21 bits per heavy atom. The number of rotatable bonds is 9. The van der Waals surface area contributed by atoms with Crippen molar-refractivity contribution in [3.63, 3.8) is 0 Å². The van der Waals surface area contributed by atoms with E-state index in [9.17, 15) is 9.18 Å². The van der Waals surface area contributed by atoms with Crippen LogP contribution in [0, 0.1) is 5.82 Å². The number of carbonyl (C=O) groups excluding carboxylic acids is 1. The van der Waals surface area contributed by atoms with Crippen LogP contribution in [0.4, 0.5) is 4.39 Å². The molecule has 150 valence electrons. The molecule has 5 nitrogen and oxygen atoms in total. The maximum atomic E-state index is 14.0. The lowest BCUT2D eigenvalue weighted by atomic mass is 10.1. The number of hydrogen-bond donors (Lipinski definition) is 0. The molecule has 0 aliphatic carbocycles. The van der Waals surface area contributed by atoms with Crippen molar-refractivity contribution in [1.82, 2.24) is 15.1 Å². The van der Waals surface area contributed by atoms with E-state index < -0.39 is 0 Å². The van der Waals surface area contributed by atoms with Crippen LogP contribution >= 0.6 is 15.9 Å². The van der Waals surface area contributed by atoms with Gasteiger partial charge in [-0.3, -0.25) is 4.79 Å². The van der Waals surface area contributed by atoms with Gasteiger partial charge in [0.25, 0.3) is 0 Å². The fraction of sp³-hybridized carbons (Fsp3) is 0.227. The minimum Gasteiger partial charge on any atom is -0.421 e. The van der Waals surface area contributed by atoms with Crippen molar-refractivity contribution in [2.24, 2.45) is 0 Å². The highest BCUT2D eigenvalue weighted by Crippen LogP contribution is 2.19. The van der Waals surface area contributed by atoms with E-state index in [1.165, 1.54) is 6.07 Å². The number of hydrogen-bond acceptors (Lipinski definition) is 4. The zero-order valence-corrected chi connectivity index (χ0v) is 17.4. The molecule has 0 unspecified atom stereocenters. The number of nitrogens with zero attached hydrogens (tertiary/aromatic N) is 3. The molecular formula is C22H21BrFN3O2. The highest BCUT2D eigenvalue weighted by Gasteiger charge is 2.16. The van der Waals surface area contributed by atoms with Gasteiger partial charge in [-0.25, -0.2) is 4.39 Å². The number of aromatic nitrogens is 2. The molecule has 1 aromatic heterocycles. The third-order valence-corrected chi connectivity index (χ3v) is 4.83. The maximum Gasteiger partial charge on any atom is 0.247 e. The Labute approximate surface area is 177 Å². The van der Waals surface area contributed by atoms with Crippen LogP contribution in [-0.2, 0) is 17.8 Å². The van der Waals surface area contributed by atoms with Crippen molar-refractivity contribution < 1.29 is 13.6 Å². The van der Waals surface area contributed by atoms with Crippen molar-refractivity contribution in [2.75, 3.05) is 6.54 Å². The molecule has 2 aromatic carbocycles. The first-order valence-corrected chi connectivity index (χ1v) is 10.1. The minimum absolute atomic E-state index is 0.0768. The summed E-state index contributed by atoms with van der Waals surface area (Å²) in [5.41, 5.74) is 1.31. The number of halogens is 2. The second kappa shape index (κ2) is 10.1. The van der Waals surface area contributed by atoms with Gasteiger partial charge in [-0.2, -0.15) is 0 Å². The van der Waals surface area contributed by atoms with Crippen molar-refractivity contribution >= 4 is 21.8 Å². The van der Waals surface area contributed by atoms with E-state index in [4.69, 9.17) is 4.42 Å². The molecule has 0 aliphatic heterocycles. The van der Waals surface area contributed by atoms with Crippen LogP contribution in [0.25, 0.3) is 11.5 Å². The molecule has 3 aromatic rings. The van der Waals surface area contributed by atoms with Gasteiger partial charge >= 0.3 is 0 Å². The molecule has 0 atom stereocenters. The minimum atomic E-state index is -0.339. The topological polar surface area (TPSA) is 59.2 Å². The molecule has 0 aliphatic rings. The lowest BCUT2D eigenvalue weighted by Crippen LogP contribution is -2.31. The van der Waals surface area contributed by atoms with Gasteiger partial charge in [0.1, 0.15) is 5.82 Å². The zero-order valence-electron chi connectivity index (χ0n) is 15.9. The monoisotopic (exact) mass is 457 g/mol. The third-order valence-electron chi connectivity index (χ3n) is 4.34. The summed E-state index contributed by atoms with van der Waals surface area (Å²) < 4.78 is 20.5. The highest BCUT2D eigenvalue weighted by atomic mass is 79.9. The number of aryl methyl sites for hydroxylation is 1. The van der Waals surface area contributed by atoms with E-state index in [1.807, 2.05) is 30.3 Å². The first-order valence-electron chi connectivity index (χ1n) is 9.27. The van der Waals surface area contributed by atoms with E-state index in [0.717, 1.165) is 10.0 Å². The maximum absolute atomic E-state index is 14.0. The lowest BCUT2D eigenvalue weighted by molar-refractivity contribution is -0.131. The predicted molar refractivity (Wildman–Crippen MR) is 112 cm³/mol. The summed E-state index contributed by atoms with van der Waals surface area (Å²) in [6.45, 7) is 4.23. The van der Waals surface area contributed by atoms with E-state index in [-0.39, 0.29) is 18.3 Å². The molecule has 3 rings (SSSR count). The van der Waals surface area contributed by atoms with E-state index in [0.29, 0.717) is 43.2 Å². The summed E-state index contributed by atoms with van der Waals surface area (Å²) in [4.78, 5) is 14.2. The fourth-order valence-corrected chi connectivity index (χ4v) is 3.29. The number of amides is 1. The summed E-state index contributed by atoms with van der Waals surface area (Å²) in [7, 11) is 0. The summed E-state index contributed by atoms with van der Waals surface area (Å²) in [6, 6.07) is 14.2. The van der Waals surface area contributed by atoms with Crippen LogP contribution in [0.3, 0.4) is 0 Å². The number of benzene rings is 2. The Hall–Kier alpha value is -2.80. The van der Waals surface area contributed by atoms with Gasteiger partial charge in [-0.1, -0.05) is 40.2 Å². The summed E-state index contributed by atoms with van der Waals surface area (Å²) in [5.74, 6) is 0.539. The molecule has 0 radical (unpaired) electrons. The average Bonchev–Trinajstić information content (AvgIpc) is 3.20. The molecule has 0 saturated heterocycles. The quantitative estimate of drug-likeness (QED) is 0.415. The second-order valence-corrected chi connectivity index (χ2v) is 7.43. The second-order valence-electron chi connectivity index (χ2n) is 6.52. The molecule has 0 saturated carbocycles. The van der Waals surface area contributed by atoms with Crippen LogP contribution < -0.4 is 0 Å². The average molecular weight is 458 g/mol. The molecule has 0 fully saturated rings. The van der Waals surface area contributed by atoms with Gasteiger partial charge in [0.05, 0.1) is 0 Å². The summed E-state index contributed by atoms with van der Waals surface area (Å²) in [6.07, 6.45) is 2.99. The predicted octanol–water partition coefficient (Wildman–Crippen LogP) is 5.18. The van der Waals surface area contributed by atoms with Gasteiger partial charge < -0.3 is 9.32 Å². The Morgan fingerprint density at radius 3 is 2.76 bits per heavy atom. The summed E-state index contributed by atoms with van der Waals surface area (Å²) >= 11 is 3.34. The van der Waals surface area contributed by atoms with Crippen molar-refractivity contribution in [1.29, 1.82) is 0 Å². The standard InChI is InChI=1S/C22H21BrFN3O2/c1-2-13-27(15-17-14-18(23)11-12-19(17)24)21(28)10-6-9-20-25-26-22(29-20)16-7-4-3-5-8-16/h2-5,7-8,11-12,14H,1,6,9-10,13,15H2. The normalized spacial score (nSPS) is 10.7. The van der Waals surface area contributed by atoms with Crippen LogP contribution in [0.2, 0.25) is 0 Å². The molecule has 1 heterocycles. The Balaban J connectivity index is 1.56. The van der Waals surface area contributed by atoms with Crippen LogP contribution in [0.15, 0.2) is 70.1 Å². The van der Waals surface area contributed by atoms with Crippen molar-refractivity contribution in [3.8, 4) is 11.5 Å². The molecule has 0 N–H and O–H groups in total. The molecule has 1 amide bonds. The van der Waals surface area contributed by atoms with Crippen LogP contribution in [0.1, 0.15) is 24.3 Å². The lowest BCUT2D eigenvalue weighted by Gasteiger charge is -2.21. The van der Waals surface area contributed by atoms with E-state index in [1.54, 1.807) is 23.1 Å². The largest absolute Gasteiger partial charge is 0.421 e. The smallest absolute Gasteiger partial charge is 0.247 e. The zero-order chi connectivity index (χ0) is 20.6. The van der Waals surface area contributed by atoms with Crippen LogP contribution in [-0.4, -0.2) is 27.5 Å². The van der Waals surface area contributed by atoms with Gasteiger partial charge in [0.15, 0.2) is 0 Å². The van der Waals surface area contributed by atoms with E-state index in [2.05, 4.69) is 32.7 Å². The van der Waals surface area contributed by atoms with E-state index >= 15 is 0 Å². The molecule has 0 bridgehead atoms. The molecule has 7 heteroatoms. The van der Waals surface area contributed by atoms with Gasteiger partial charge in [-0.05, 0) is 36.8 Å². The fourth-order valence-electron chi connectivity index (χ4n) is 2.88. The van der Waals surface area contributed by atoms with Gasteiger partial charge in [-0.15, -0.1) is 16.8 Å².